The maximum Gasteiger partial charge on any atom is 0.119 e. The van der Waals surface area contributed by atoms with Gasteiger partial charge in [0.25, 0.3) is 0 Å². The summed E-state index contributed by atoms with van der Waals surface area (Å²) in [5.41, 5.74) is 9.65. The van der Waals surface area contributed by atoms with Crippen molar-refractivity contribution in [3.63, 3.8) is 0 Å². The summed E-state index contributed by atoms with van der Waals surface area (Å²) in [5, 5.41) is 0. The Balaban J connectivity index is 2.07. The van der Waals surface area contributed by atoms with Gasteiger partial charge in [-0.05, 0) is 41.8 Å². The van der Waals surface area contributed by atoms with Gasteiger partial charge in [-0.3, -0.25) is 0 Å². The molecule has 2 rings (SSSR count). The van der Waals surface area contributed by atoms with Crippen LogP contribution in [0.3, 0.4) is 0 Å². The van der Waals surface area contributed by atoms with Crippen molar-refractivity contribution in [3.05, 3.63) is 59.7 Å². The molecule has 0 saturated heterocycles. The first kappa shape index (κ1) is 15.4. The zero-order valence-corrected chi connectivity index (χ0v) is 13.0. The summed E-state index contributed by atoms with van der Waals surface area (Å²) in [4.78, 5) is 2.22. The van der Waals surface area contributed by atoms with Gasteiger partial charge in [-0.25, -0.2) is 0 Å². The fourth-order valence-corrected chi connectivity index (χ4v) is 2.35. The van der Waals surface area contributed by atoms with Gasteiger partial charge in [0.1, 0.15) is 5.75 Å². The van der Waals surface area contributed by atoms with Crippen molar-refractivity contribution in [2.24, 2.45) is 5.73 Å². The van der Waals surface area contributed by atoms with Gasteiger partial charge in [-0.1, -0.05) is 31.2 Å². The van der Waals surface area contributed by atoms with E-state index in [1.54, 1.807) is 7.11 Å². The van der Waals surface area contributed by atoms with Crippen molar-refractivity contribution >= 4 is 5.69 Å². The number of nitrogens with two attached hydrogens (primary N) is 1. The number of methoxy groups -OCH3 is 1. The summed E-state index contributed by atoms with van der Waals surface area (Å²) in [6.07, 6.45) is 0.957. The molecule has 21 heavy (non-hydrogen) atoms. The van der Waals surface area contributed by atoms with E-state index in [1.165, 1.54) is 16.8 Å². The van der Waals surface area contributed by atoms with E-state index in [0.717, 1.165) is 18.7 Å². The minimum absolute atomic E-state index is 0.128. The minimum Gasteiger partial charge on any atom is -0.497 e. The maximum atomic E-state index is 6.05. The predicted octanol–water partition coefficient (Wildman–Crippen LogP) is 3.74. The van der Waals surface area contributed by atoms with Crippen LogP contribution in [0.5, 0.6) is 5.75 Å². The van der Waals surface area contributed by atoms with Crippen LogP contribution in [0.25, 0.3) is 0 Å². The number of benzene rings is 2. The second-order valence-electron chi connectivity index (χ2n) is 5.31. The van der Waals surface area contributed by atoms with E-state index in [0.29, 0.717) is 0 Å². The molecule has 0 fully saturated rings. The molecule has 0 bridgehead atoms. The number of anilines is 1. The molecule has 112 valence electrons. The van der Waals surface area contributed by atoms with Crippen molar-refractivity contribution < 1.29 is 4.74 Å². The fraction of sp³-hybridized carbons (Fsp3) is 0.333. The highest BCUT2D eigenvalue weighted by Crippen LogP contribution is 2.21. The topological polar surface area (TPSA) is 38.5 Å². The molecule has 3 heteroatoms. The third-order valence-corrected chi connectivity index (χ3v) is 3.76. The Bertz CT molecular complexity index is 566. The zero-order chi connectivity index (χ0) is 15.2. The lowest BCUT2D eigenvalue weighted by molar-refractivity contribution is 0.414. The quantitative estimate of drug-likeness (QED) is 0.878. The van der Waals surface area contributed by atoms with Crippen LogP contribution in [0, 0.1) is 0 Å². The first-order valence-electron chi connectivity index (χ1n) is 7.33. The molecular weight excluding hydrogens is 260 g/mol. The molecule has 3 nitrogen and oxygen atoms in total. The number of ether oxygens (including phenoxy) is 1. The Kier molecular flexibility index (Phi) is 5.23. The van der Waals surface area contributed by atoms with Crippen LogP contribution in [0.15, 0.2) is 48.5 Å². The van der Waals surface area contributed by atoms with E-state index in [2.05, 4.69) is 55.3 Å². The van der Waals surface area contributed by atoms with Crippen molar-refractivity contribution in [1.82, 2.24) is 0 Å². The van der Waals surface area contributed by atoms with E-state index >= 15 is 0 Å². The van der Waals surface area contributed by atoms with Gasteiger partial charge in [-0.15, -0.1) is 0 Å². The molecule has 0 aromatic heterocycles. The molecule has 0 aliphatic rings. The molecule has 2 aromatic carbocycles. The van der Waals surface area contributed by atoms with E-state index in [9.17, 15) is 0 Å². The van der Waals surface area contributed by atoms with E-state index < -0.39 is 0 Å². The van der Waals surface area contributed by atoms with Crippen LogP contribution >= 0.6 is 0 Å². The Morgan fingerprint density at radius 3 is 2.48 bits per heavy atom. The number of nitrogens with zero attached hydrogens (tertiary/aromatic N) is 1. The third-order valence-electron chi connectivity index (χ3n) is 3.76. The van der Waals surface area contributed by atoms with Gasteiger partial charge < -0.3 is 15.4 Å². The molecule has 0 aliphatic heterocycles. The summed E-state index contributed by atoms with van der Waals surface area (Å²) < 4.78 is 5.26. The van der Waals surface area contributed by atoms with Crippen LogP contribution in [0.4, 0.5) is 5.69 Å². The molecule has 2 N–H and O–H groups in total. The molecular formula is C18H24N2O. The predicted molar refractivity (Wildman–Crippen MR) is 88.8 cm³/mol. The molecule has 0 spiro atoms. The SMILES string of the molecule is CCC(N)c1ccc(N(C)Cc2cccc(OC)c2)cc1. The van der Waals surface area contributed by atoms with Crippen LogP contribution in [0.1, 0.15) is 30.5 Å². The Morgan fingerprint density at radius 2 is 1.86 bits per heavy atom. The average molecular weight is 284 g/mol. The summed E-state index contributed by atoms with van der Waals surface area (Å²) in [5.74, 6) is 0.894. The largest absolute Gasteiger partial charge is 0.497 e. The van der Waals surface area contributed by atoms with Gasteiger partial charge in [0, 0.05) is 25.3 Å². The highest BCUT2D eigenvalue weighted by Gasteiger charge is 2.06. The standard InChI is InChI=1S/C18H24N2O/c1-4-18(19)15-8-10-16(11-9-15)20(2)13-14-6-5-7-17(12-14)21-3/h5-12,18H,4,13,19H2,1-3H3. The van der Waals surface area contributed by atoms with Gasteiger partial charge in [0.15, 0.2) is 0 Å². The van der Waals surface area contributed by atoms with Gasteiger partial charge in [0.2, 0.25) is 0 Å². The molecule has 0 radical (unpaired) electrons. The molecule has 0 amide bonds. The highest BCUT2D eigenvalue weighted by molar-refractivity contribution is 5.48. The van der Waals surface area contributed by atoms with Crippen LogP contribution in [-0.2, 0) is 6.54 Å². The molecule has 1 unspecified atom stereocenters. The first-order chi connectivity index (χ1) is 10.1. The Hall–Kier alpha value is -2.00. The van der Waals surface area contributed by atoms with Crippen LogP contribution in [-0.4, -0.2) is 14.2 Å². The smallest absolute Gasteiger partial charge is 0.119 e. The summed E-state index contributed by atoms with van der Waals surface area (Å²) >= 11 is 0. The van der Waals surface area contributed by atoms with Crippen LogP contribution < -0.4 is 15.4 Å². The summed E-state index contributed by atoms with van der Waals surface area (Å²) in [6.45, 7) is 2.95. The third kappa shape index (κ3) is 3.99. The second-order valence-corrected chi connectivity index (χ2v) is 5.31. The van der Waals surface area contributed by atoms with E-state index in [4.69, 9.17) is 10.5 Å². The van der Waals surface area contributed by atoms with Crippen molar-refractivity contribution in [3.8, 4) is 5.75 Å². The number of hydrogen-bond donors (Lipinski definition) is 1. The normalized spacial score (nSPS) is 12.0. The monoisotopic (exact) mass is 284 g/mol. The van der Waals surface area contributed by atoms with Gasteiger partial charge in [-0.2, -0.15) is 0 Å². The lowest BCUT2D eigenvalue weighted by atomic mass is 10.1. The lowest BCUT2D eigenvalue weighted by Gasteiger charge is -2.20. The molecule has 0 heterocycles. The average Bonchev–Trinajstić information content (AvgIpc) is 2.54. The molecule has 0 saturated carbocycles. The maximum absolute atomic E-state index is 6.05. The highest BCUT2D eigenvalue weighted by atomic mass is 16.5. The van der Waals surface area contributed by atoms with Crippen molar-refractivity contribution in [2.75, 3.05) is 19.1 Å². The first-order valence-corrected chi connectivity index (χ1v) is 7.33. The summed E-state index contributed by atoms with van der Waals surface area (Å²) in [6, 6.07) is 16.8. The lowest BCUT2D eigenvalue weighted by Crippen LogP contribution is -2.16. The fourth-order valence-electron chi connectivity index (χ4n) is 2.35. The molecule has 2 aromatic rings. The second kappa shape index (κ2) is 7.14. The Labute approximate surface area is 127 Å². The van der Waals surface area contributed by atoms with Gasteiger partial charge in [0.05, 0.1) is 7.11 Å². The van der Waals surface area contributed by atoms with Gasteiger partial charge >= 0.3 is 0 Å². The van der Waals surface area contributed by atoms with Crippen LogP contribution in [0.2, 0.25) is 0 Å². The molecule has 1 atom stereocenters. The van der Waals surface area contributed by atoms with E-state index in [1.807, 2.05) is 12.1 Å². The minimum atomic E-state index is 0.128. The number of hydrogen-bond acceptors (Lipinski definition) is 3. The molecule has 0 aliphatic carbocycles. The summed E-state index contributed by atoms with van der Waals surface area (Å²) in [7, 11) is 3.78. The zero-order valence-electron chi connectivity index (χ0n) is 13.0. The Morgan fingerprint density at radius 1 is 1.14 bits per heavy atom. The number of rotatable bonds is 6. The van der Waals surface area contributed by atoms with E-state index in [-0.39, 0.29) is 6.04 Å². The van der Waals surface area contributed by atoms with Crippen molar-refractivity contribution in [2.45, 2.75) is 25.9 Å². The van der Waals surface area contributed by atoms with Crippen molar-refractivity contribution in [1.29, 1.82) is 0 Å².